The Labute approximate surface area is 150 Å². The molecule has 0 unspecified atom stereocenters. The Morgan fingerprint density at radius 3 is 2.65 bits per heavy atom. The van der Waals surface area contributed by atoms with Gasteiger partial charge >= 0.3 is 0 Å². The number of Topliss-reactive ketones (excluding diaryl/α,β-unsaturated/α-hetero) is 1. The highest BCUT2D eigenvalue weighted by molar-refractivity contribution is 5.94. The molecule has 1 N–H and O–H groups in total. The molecule has 0 atom stereocenters. The molecule has 0 spiro atoms. The van der Waals surface area contributed by atoms with Gasteiger partial charge in [0.2, 0.25) is 0 Å². The van der Waals surface area contributed by atoms with E-state index in [-0.39, 0.29) is 18.3 Å². The fraction of sp³-hybridized carbons (Fsp3) is 0.158. The van der Waals surface area contributed by atoms with Gasteiger partial charge in [0.1, 0.15) is 17.9 Å². The van der Waals surface area contributed by atoms with Crippen molar-refractivity contribution in [3.8, 4) is 11.6 Å². The third kappa shape index (κ3) is 4.32. The molecule has 3 aromatic rings. The van der Waals surface area contributed by atoms with Crippen LogP contribution in [0.2, 0.25) is 0 Å². The van der Waals surface area contributed by atoms with Crippen LogP contribution < -0.4 is 10.1 Å². The Hall–Kier alpha value is -3.48. The molecule has 7 nitrogen and oxygen atoms in total. The van der Waals surface area contributed by atoms with Gasteiger partial charge in [-0.2, -0.15) is 0 Å². The van der Waals surface area contributed by atoms with Crippen LogP contribution >= 0.6 is 0 Å². The summed E-state index contributed by atoms with van der Waals surface area (Å²) in [6.45, 7) is 1.71. The van der Waals surface area contributed by atoms with Crippen molar-refractivity contribution in [2.24, 2.45) is 0 Å². The van der Waals surface area contributed by atoms with Crippen molar-refractivity contribution >= 4 is 11.7 Å². The van der Waals surface area contributed by atoms with E-state index in [0.717, 1.165) is 5.56 Å². The predicted molar refractivity (Wildman–Crippen MR) is 95.1 cm³/mol. The average Bonchev–Trinajstić information content (AvgIpc) is 3.20. The molecule has 132 valence electrons. The molecule has 0 bridgehead atoms. The second-order valence-corrected chi connectivity index (χ2v) is 5.60. The number of carbonyl (C=O) groups excluding carboxylic acids is 2. The minimum atomic E-state index is -0.249. The predicted octanol–water partition coefficient (Wildman–Crippen LogP) is 2.17. The molecule has 0 aliphatic carbocycles. The van der Waals surface area contributed by atoms with Crippen LogP contribution in [-0.2, 0) is 11.3 Å². The quantitative estimate of drug-likeness (QED) is 0.660. The highest BCUT2D eigenvalue weighted by atomic mass is 16.5. The van der Waals surface area contributed by atoms with E-state index in [1.807, 2.05) is 12.1 Å². The fourth-order valence-electron chi connectivity index (χ4n) is 2.36. The lowest BCUT2D eigenvalue weighted by atomic mass is 10.1. The molecule has 0 aliphatic rings. The minimum absolute atomic E-state index is 0.0144. The SMILES string of the molecule is CC(=O)c1ccc(OCC(=O)NCc2cccnc2-n2ccnc2)cc1. The molecule has 3 rings (SSSR count). The summed E-state index contributed by atoms with van der Waals surface area (Å²) in [4.78, 5) is 31.6. The van der Waals surface area contributed by atoms with Gasteiger partial charge in [-0.3, -0.25) is 14.2 Å². The lowest BCUT2D eigenvalue weighted by Gasteiger charge is -2.11. The van der Waals surface area contributed by atoms with Crippen molar-refractivity contribution in [3.05, 3.63) is 72.4 Å². The first-order valence-electron chi connectivity index (χ1n) is 8.06. The molecule has 0 aliphatic heterocycles. The molecule has 7 heteroatoms. The Morgan fingerprint density at radius 1 is 1.15 bits per heavy atom. The maximum Gasteiger partial charge on any atom is 0.258 e. The van der Waals surface area contributed by atoms with Crippen molar-refractivity contribution in [1.29, 1.82) is 0 Å². The first kappa shape index (κ1) is 17.3. The fourth-order valence-corrected chi connectivity index (χ4v) is 2.36. The summed E-state index contributed by atoms with van der Waals surface area (Å²) in [5.74, 6) is 0.984. The summed E-state index contributed by atoms with van der Waals surface area (Å²) in [6.07, 6.45) is 6.81. The number of amides is 1. The van der Waals surface area contributed by atoms with E-state index in [0.29, 0.717) is 23.7 Å². The maximum atomic E-state index is 12.0. The summed E-state index contributed by atoms with van der Waals surface area (Å²) >= 11 is 0. The van der Waals surface area contributed by atoms with E-state index >= 15 is 0 Å². The van der Waals surface area contributed by atoms with Gasteiger partial charge < -0.3 is 10.1 Å². The van der Waals surface area contributed by atoms with E-state index in [1.165, 1.54) is 6.92 Å². The largest absolute Gasteiger partial charge is 0.484 e. The van der Waals surface area contributed by atoms with Gasteiger partial charge in [-0.15, -0.1) is 0 Å². The molecule has 0 fully saturated rings. The van der Waals surface area contributed by atoms with Gasteiger partial charge in [0.05, 0.1) is 0 Å². The molecule has 2 aromatic heterocycles. The normalized spacial score (nSPS) is 10.3. The van der Waals surface area contributed by atoms with Crippen LogP contribution in [0.5, 0.6) is 5.75 Å². The van der Waals surface area contributed by atoms with Crippen molar-refractivity contribution in [2.45, 2.75) is 13.5 Å². The highest BCUT2D eigenvalue weighted by Gasteiger charge is 2.08. The Kier molecular flexibility index (Phi) is 5.38. The lowest BCUT2D eigenvalue weighted by molar-refractivity contribution is -0.123. The summed E-state index contributed by atoms with van der Waals surface area (Å²) in [6, 6.07) is 10.4. The van der Waals surface area contributed by atoms with Crippen LogP contribution in [0.25, 0.3) is 5.82 Å². The third-order valence-electron chi connectivity index (χ3n) is 3.72. The molecule has 0 saturated heterocycles. The monoisotopic (exact) mass is 350 g/mol. The lowest BCUT2D eigenvalue weighted by Crippen LogP contribution is -2.28. The minimum Gasteiger partial charge on any atom is -0.484 e. The van der Waals surface area contributed by atoms with Crippen molar-refractivity contribution in [1.82, 2.24) is 19.9 Å². The number of pyridine rings is 1. The maximum absolute atomic E-state index is 12.0. The van der Waals surface area contributed by atoms with Crippen LogP contribution in [0.4, 0.5) is 0 Å². The molecular weight excluding hydrogens is 332 g/mol. The Bertz CT molecular complexity index is 889. The molecule has 2 heterocycles. The van der Waals surface area contributed by atoms with Crippen molar-refractivity contribution < 1.29 is 14.3 Å². The smallest absolute Gasteiger partial charge is 0.258 e. The number of benzene rings is 1. The number of carbonyl (C=O) groups is 2. The van der Waals surface area contributed by atoms with E-state index in [2.05, 4.69) is 15.3 Å². The Morgan fingerprint density at radius 2 is 1.96 bits per heavy atom. The first-order chi connectivity index (χ1) is 12.6. The van der Waals surface area contributed by atoms with Crippen LogP contribution in [0.1, 0.15) is 22.8 Å². The number of imidazole rings is 1. The number of rotatable bonds is 7. The van der Waals surface area contributed by atoms with E-state index in [9.17, 15) is 9.59 Å². The molecule has 26 heavy (non-hydrogen) atoms. The number of hydrogen-bond acceptors (Lipinski definition) is 5. The summed E-state index contributed by atoms with van der Waals surface area (Å²) < 4.78 is 7.23. The zero-order valence-corrected chi connectivity index (χ0v) is 14.3. The standard InChI is InChI=1S/C19H18N4O3/c1-14(24)15-4-6-17(7-5-15)26-12-18(25)22-11-16-3-2-8-21-19(16)23-10-9-20-13-23/h2-10,13H,11-12H2,1H3,(H,22,25). The molecule has 1 amide bonds. The molecule has 0 saturated carbocycles. The van der Waals surface area contributed by atoms with Gasteiger partial charge in [0, 0.05) is 36.3 Å². The zero-order valence-electron chi connectivity index (χ0n) is 14.3. The molecule has 1 aromatic carbocycles. The number of nitrogens with one attached hydrogen (secondary N) is 1. The average molecular weight is 350 g/mol. The van der Waals surface area contributed by atoms with Crippen LogP contribution in [-0.4, -0.2) is 32.8 Å². The van der Waals surface area contributed by atoms with Crippen LogP contribution in [0.3, 0.4) is 0 Å². The first-order valence-corrected chi connectivity index (χ1v) is 8.06. The van der Waals surface area contributed by atoms with Crippen molar-refractivity contribution in [2.75, 3.05) is 6.61 Å². The van der Waals surface area contributed by atoms with Crippen LogP contribution in [0.15, 0.2) is 61.3 Å². The summed E-state index contributed by atoms with van der Waals surface area (Å²) in [7, 11) is 0. The zero-order chi connectivity index (χ0) is 18.4. The van der Waals surface area contributed by atoms with Gasteiger partial charge in [-0.25, -0.2) is 9.97 Å². The molecular formula is C19H18N4O3. The highest BCUT2D eigenvalue weighted by Crippen LogP contribution is 2.13. The van der Waals surface area contributed by atoms with Gasteiger partial charge in [0.15, 0.2) is 12.4 Å². The summed E-state index contributed by atoms with van der Waals surface area (Å²) in [5.41, 5.74) is 1.47. The van der Waals surface area contributed by atoms with Gasteiger partial charge in [-0.05, 0) is 37.3 Å². The molecule has 0 radical (unpaired) electrons. The number of aromatic nitrogens is 3. The van der Waals surface area contributed by atoms with Crippen LogP contribution in [0, 0.1) is 0 Å². The summed E-state index contributed by atoms with van der Waals surface area (Å²) in [5, 5.41) is 2.81. The van der Waals surface area contributed by atoms with Gasteiger partial charge in [0.25, 0.3) is 5.91 Å². The number of hydrogen-bond donors (Lipinski definition) is 1. The second-order valence-electron chi connectivity index (χ2n) is 5.60. The number of ketones is 1. The second kappa shape index (κ2) is 8.06. The topological polar surface area (TPSA) is 86.1 Å². The number of ether oxygens (including phenoxy) is 1. The third-order valence-corrected chi connectivity index (χ3v) is 3.72. The van der Waals surface area contributed by atoms with Gasteiger partial charge in [-0.1, -0.05) is 6.07 Å². The van der Waals surface area contributed by atoms with E-state index < -0.39 is 0 Å². The number of nitrogens with zero attached hydrogens (tertiary/aromatic N) is 3. The Balaban J connectivity index is 1.54. The van der Waals surface area contributed by atoms with E-state index in [4.69, 9.17) is 4.74 Å². The van der Waals surface area contributed by atoms with E-state index in [1.54, 1.807) is 53.8 Å². The van der Waals surface area contributed by atoms with Crippen molar-refractivity contribution in [3.63, 3.8) is 0 Å².